The Morgan fingerprint density at radius 2 is 2.21 bits per heavy atom. The van der Waals surface area contributed by atoms with E-state index >= 15 is 0 Å². The number of H-pyrrole nitrogens is 1. The molecule has 1 aliphatic heterocycles. The van der Waals surface area contributed by atoms with E-state index < -0.39 is 5.76 Å². The summed E-state index contributed by atoms with van der Waals surface area (Å²) in [6, 6.07) is 0. The van der Waals surface area contributed by atoms with Gasteiger partial charge in [0, 0.05) is 25.1 Å². The highest BCUT2D eigenvalue weighted by molar-refractivity contribution is 5.79. The lowest BCUT2D eigenvalue weighted by Crippen LogP contribution is -2.40. The van der Waals surface area contributed by atoms with Gasteiger partial charge >= 0.3 is 5.76 Å². The van der Waals surface area contributed by atoms with Gasteiger partial charge in [-0.25, -0.2) is 9.89 Å². The Balaban J connectivity index is 1.71. The molecule has 1 atom stereocenters. The number of aromatic amines is 1. The molecule has 8 nitrogen and oxygen atoms in total. The van der Waals surface area contributed by atoms with E-state index in [0.29, 0.717) is 25.4 Å². The number of nitrogens with one attached hydrogen (secondary N) is 1. The number of carbonyl (C=O) groups excluding carboxylic acids is 1. The number of rotatable bonds is 5. The number of aryl methyl sites for hydroxylation is 2. The first kappa shape index (κ1) is 16.5. The quantitative estimate of drug-likeness (QED) is 0.886. The van der Waals surface area contributed by atoms with E-state index in [-0.39, 0.29) is 11.8 Å². The van der Waals surface area contributed by atoms with Gasteiger partial charge in [-0.15, -0.1) is 5.10 Å². The van der Waals surface area contributed by atoms with Gasteiger partial charge in [-0.1, -0.05) is 19.0 Å². The number of hydrogen-bond donors (Lipinski definition) is 1. The van der Waals surface area contributed by atoms with Crippen LogP contribution in [0.1, 0.15) is 55.5 Å². The van der Waals surface area contributed by atoms with Crippen LogP contribution < -0.4 is 5.76 Å². The minimum Gasteiger partial charge on any atom is -0.392 e. The Hall–Kier alpha value is -2.38. The third-order valence-electron chi connectivity index (χ3n) is 4.51. The summed E-state index contributed by atoms with van der Waals surface area (Å²) in [5, 5.41) is 10.2. The van der Waals surface area contributed by atoms with E-state index in [1.807, 2.05) is 18.7 Å². The second kappa shape index (κ2) is 7.02. The first-order valence-electron chi connectivity index (χ1n) is 8.41. The van der Waals surface area contributed by atoms with Crippen molar-refractivity contribution >= 4 is 5.91 Å². The number of aromatic nitrogens is 3. The lowest BCUT2D eigenvalue weighted by molar-refractivity contribution is -0.131. The molecule has 8 heteroatoms. The molecule has 0 bridgehead atoms. The van der Waals surface area contributed by atoms with Crippen LogP contribution in [-0.2, 0) is 24.1 Å². The second-order valence-electron chi connectivity index (χ2n) is 6.05. The first-order valence-corrected chi connectivity index (χ1v) is 8.41. The fourth-order valence-corrected chi connectivity index (χ4v) is 3.22. The Bertz CT molecular complexity index is 739. The molecule has 2 aromatic rings. The van der Waals surface area contributed by atoms with Crippen molar-refractivity contribution in [1.82, 2.24) is 20.3 Å². The van der Waals surface area contributed by atoms with E-state index in [4.69, 9.17) is 8.94 Å². The topological polar surface area (TPSA) is 105 Å². The molecular formula is C16H22N4O4. The van der Waals surface area contributed by atoms with Crippen LogP contribution in [0.5, 0.6) is 0 Å². The summed E-state index contributed by atoms with van der Waals surface area (Å²) < 4.78 is 10.4. The summed E-state index contributed by atoms with van der Waals surface area (Å²) in [6.45, 7) is 5.21. The van der Waals surface area contributed by atoms with E-state index in [1.165, 1.54) is 0 Å². The lowest BCUT2D eigenvalue weighted by atomic mass is 9.97. The van der Waals surface area contributed by atoms with E-state index in [1.54, 1.807) is 0 Å². The van der Waals surface area contributed by atoms with Crippen LogP contribution in [0, 0.1) is 0 Å². The van der Waals surface area contributed by atoms with Crippen LogP contribution in [0.15, 0.2) is 13.7 Å². The monoisotopic (exact) mass is 334 g/mol. The first-order chi connectivity index (χ1) is 11.6. The molecule has 24 heavy (non-hydrogen) atoms. The van der Waals surface area contributed by atoms with Crippen LogP contribution in [-0.4, -0.2) is 39.3 Å². The van der Waals surface area contributed by atoms with E-state index in [9.17, 15) is 9.59 Å². The molecule has 1 fully saturated rings. The molecule has 3 rings (SSSR count). The predicted molar refractivity (Wildman–Crippen MR) is 84.6 cm³/mol. The third-order valence-corrected chi connectivity index (χ3v) is 4.51. The molecule has 0 saturated carbocycles. The molecule has 0 radical (unpaired) electrons. The average molecular weight is 334 g/mol. The van der Waals surface area contributed by atoms with Crippen molar-refractivity contribution in [3.05, 3.63) is 33.5 Å². The summed E-state index contributed by atoms with van der Waals surface area (Å²) in [7, 11) is 0. The molecule has 1 aliphatic rings. The molecule has 1 amide bonds. The van der Waals surface area contributed by atoms with Crippen LogP contribution in [0.25, 0.3) is 0 Å². The van der Waals surface area contributed by atoms with Crippen LogP contribution >= 0.6 is 0 Å². The predicted octanol–water partition coefficient (Wildman–Crippen LogP) is 1.42. The molecule has 2 aromatic heterocycles. The lowest BCUT2D eigenvalue weighted by Gasteiger charge is -2.31. The highest BCUT2D eigenvalue weighted by atomic mass is 16.5. The van der Waals surface area contributed by atoms with E-state index in [0.717, 1.165) is 42.7 Å². The zero-order chi connectivity index (χ0) is 17.1. The largest absolute Gasteiger partial charge is 0.434 e. The van der Waals surface area contributed by atoms with Crippen molar-refractivity contribution in [1.29, 1.82) is 0 Å². The van der Waals surface area contributed by atoms with Crippen LogP contribution in [0.4, 0.5) is 0 Å². The van der Waals surface area contributed by atoms with Gasteiger partial charge in [-0.3, -0.25) is 4.79 Å². The van der Waals surface area contributed by atoms with Crippen molar-refractivity contribution in [2.24, 2.45) is 0 Å². The molecular weight excluding hydrogens is 312 g/mol. The maximum Gasteiger partial charge on any atom is 0.434 e. The zero-order valence-electron chi connectivity index (χ0n) is 14.0. The van der Waals surface area contributed by atoms with Gasteiger partial charge in [-0.2, -0.15) is 0 Å². The summed E-state index contributed by atoms with van der Waals surface area (Å²) in [4.78, 5) is 25.7. The van der Waals surface area contributed by atoms with Crippen molar-refractivity contribution in [3.8, 4) is 0 Å². The summed E-state index contributed by atoms with van der Waals surface area (Å²) >= 11 is 0. The van der Waals surface area contributed by atoms with Crippen molar-refractivity contribution < 1.29 is 13.7 Å². The fraction of sp³-hybridized carbons (Fsp3) is 0.625. The Labute approximate surface area is 139 Å². The number of piperidine rings is 1. The van der Waals surface area contributed by atoms with Gasteiger partial charge in [0.2, 0.25) is 11.8 Å². The Kier molecular flexibility index (Phi) is 4.82. The number of hydrogen-bond acceptors (Lipinski definition) is 6. The van der Waals surface area contributed by atoms with Gasteiger partial charge in [0.25, 0.3) is 0 Å². The van der Waals surface area contributed by atoms with Gasteiger partial charge in [0.05, 0.1) is 18.0 Å². The highest BCUT2D eigenvalue weighted by Gasteiger charge is 2.29. The number of likely N-dealkylation sites (tertiary alicyclic amines) is 1. The minimum atomic E-state index is -0.557. The molecule has 0 aromatic carbocycles. The second-order valence-corrected chi connectivity index (χ2v) is 6.05. The molecule has 1 N–H and O–H groups in total. The Morgan fingerprint density at radius 3 is 2.88 bits per heavy atom. The SMILES string of the molecule is CCc1noc(CC)c1CC(=O)N1CCCC(c2n[nH]c(=O)o2)C1. The van der Waals surface area contributed by atoms with Crippen molar-refractivity contribution in [2.45, 2.75) is 51.9 Å². The van der Waals surface area contributed by atoms with Crippen LogP contribution in [0.3, 0.4) is 0 Å². The summed E-state index contributed by atoms with van der Waals surface area (Å²) in [5.74, 6) is 0.613. The van der Waals surface area contributed by atoms with Crippen molar-refractivity contribution in [2.75, 3.05) is 13.1 Å². The molecule has 130 valence electrons. The number of amides is 1. The van der Waals surface area contributed by atoms with Crippen molar-refractivity contribution in [3.63, 3.8) is 0 Å². The Morgan fingerprint density at radius 1 is 1.38 bits per heavy atom. The molecule has 0 aliphatic carbocycles. The summed E-state index contributed by atoms with van der Waals surface area (Å²) in [5.41, 5.74) is 1.77. The van der Waals surface area contributed by atoms with Gasteiger partial charge in [0.1, 0.15) is 5.76 Å². The highest BCUT2D eigenvalue weighted by Crippen LogP contribution is 2.26. The normalized spacial score (nSPS) is 18.1. The fourth-order valence-electron chi connectivity index (χ4n) is 3.22. The van der Waals surface area contributed by atoms with Gasteiger partial charge in [-0.05, 0) is 19.3 Å². The molecule has 0 spiro atoms. The van der Waals surface area contributed by atoms with Gasteiger partial charge in [0.15, 0.2) is 0 Å². The number of carbonyl (C=O) groups is 1. The maximum atomic E-state index is 12.7. The smallest absolute Gasteiger partial charge is 0.392 e. The van der Waals surface area contributed by atoms with Crippen LogP contribution in [0.2, 0.25) is 0 Å². The average Bonchev–Trinajstić information content (AvgIpc) is 3.20. The zero-order valence-corrected chi connectivity index (χ0v) is 14.0. The molecule has 1 saturated heterocycles. The van der Waals surface area contributed by atoms with Gasteiger partial charge < -0.3 is 13.8 Å². The minimum absolute atomic E-state index is 0.0413. The maximum absolute atomic E-state index is 12.7. The third kappa shape index (κ3) is 3.27. The standard InChI is InChI=1S/C16H22N4O4/c1-3-12-11(13(4-2)24-19-12)8-14(21)20-7-5-6-10(9-20)15-17-18-16(22)23-15/h10H,3-9H2,1-2H3,(H,18,22). The molecule has 1 unspecified atom stereocenters. The van der Waals surface area contributed by atoms with E-state index in [2.05, 4.69) is 15.4 Å². The number of nitrogens with zero attached hydrogens (tertiary/aromatic N) is 3. The molecule has 3 heterocycles. The summed E-state index contributed by atoms with van der Waals surface area (Å²) in [6.07, 6.45) is 3.47.